The van der Waals surface area contributed by atoms with E-state index in [1.54, 1.807) is 0 Å². The third kappa shape index (κ3) is 2.64. The Kier molecular flexibility index (Phi) is 2.81. The zero-order valence-corrected chi connectivity index (χ0v) is 10.3. The molecule has 0 saturated heterocycles. The third-order valence-corrected chi connectivity index (χ3v) is 4.12. The van der Waals surface area contributed by atoms with Gasteiger partial charge in [0.1, 0.15) is 5.75 Å². The van der Waals surface area contributed by atoms with Gasteiger partial charge in [0.2, 0.25) is 0 Å². The van der Waals surface area contributed by atoms with Crippen molar-refractivity contribution < 1.29 is 4.74 Å². The smallest absolute Gasteiger partial charge is 0.159 e. The van der Waals surface area contributed by atoms with Crippen LogP contribution in [0, 0.1) is 0 Å². The van der Waals surface area contributed by atoms with Gasteiger partial charge in [-0.15, -0.1) is 0 Å². The minimum absolute atomic E-state index is 0.0251. The van der Waals surface area contributed by atoms with Gasteiger partial charge < -0.3 is 4.74 Å². The Morgan fingerprint density at radius 3 is 2.00 bits per heavy atom. The molecule has 0 aliphatic heterocycles. The molecule has 0 spiro atoms. The van der Waals surface area contributed by atoms with Crippen molar-refractivity contribution in [2.24, 2.45) is 0 Å². The highest BCUT2D eigenvalue weighted by molar-refractivity contribution is 8.00. The maximum Gasteiger partial charge on any atom is 0.159 e. The first-order valence-corrected chi connectivity index (χ1v) is 6.66. The summed E-state index contributed by atoms with van der Waals surface area (Å²) in [4.78, 5) is 1.25. The largest absolute Gasteiger partial charge is 0.476 e. The molecule has 0 radical (unpaired) electrons. The van der Waals surface area contributed by atoms with E-state index in [0.29, 0.717) is 0 Å². The van der Waals surface area contributed by atoms with Crippen LogP contribution in [0.15, 0.2) is 65.6 Å². The Bertz CT molecular complexity index is 433. The summed E-state index contributed by atoms with van der Waals surface area (Å²) in [6, 6.07) is 20.5. The average Bonchev–Trinajstić information content (AvgIpc) is 3.11. The molecule has 0 aromatic heterocycles. The molecule has 0 N–H and O–H groups in total. The van der Waals surface area contributed by atoms with E-state index < -0.39 is 0 Å². The number of benzene rings is 2. The Balaban J connectivity index is 1.71. The molecule has 0 amide bonds. The average molecular weight is 242 g/mol. The van der Waals surface area contributed by atoms with Crippen molar-refractivity contribution in [2.45, 2.75) is 22.7 Å². The fraction of sp³-hybridized carbons (Fsp3) is 0.200. The fourth-order valence-electron chi connectivity index (χ4n) is 1.73. The van der Waals surface area contributed by atoms with Crippen molar-refractivity contribution in [3.63, 3.8) is 0 Å². The monoisotopic (exact) mass is 242 g/mol. The van der Waals surface area contributed by atoms with Crippen LogP contribution in [-0.4, -0.2) is 4.93 Å². The molecule has 0 bridgehead atoms. The van der Waals surface area contributed by atoms with E-state index in [-0.39, 0.29) is 4.93 Å². The molecule has 86 valence electrons. The Labute approximate surface area is 106 Å². The van der Waals surface area contributed by atoms with Crippen molar-refractivity contribution in [1.29, 1.82) is 0 Å². The van der Waals surface area contributed by atoms with Gasteiger partial charge in [-0.2, -0.15) is 0 Å². The zero-order chi connectivity index (χ0) is 11.6. The number of rotatable bonds is 4. The van der Waals surface area contributed by atoms with Crippen molar-refractivity contribution >= 4 is 11.8 Å². The second-order valence-electron chi connectivity index (χ2n) is 4.24. The molecule has 17 heavy (non-hydrogen) atoms. The van der Waals surface area contributed by atoms with Crippen LogP contribution >= 0.6 is 11.8 Å². The lowest BCUT2D eigenvalue weighted by Crippen LogP contribution is -2.12. The zero-order valence-electron chi connectivity index (χ0n) is 9.50. The summed E-state index contributed by atoms with van der Waals surface area (Å²) >= 11 is 1.83. The molecule has 0 heterocycles. The minimum Gasteiger partial charge on any atom is -0.476 e. The predicted octanol–water partition coefficient (Wildman–Crippen LogP) is 4.35. The summed E-state index contributed by atoms with van der Waals surface area (Å²) < 4.78 is 6.08. The molecule has 1 saturated carbocycles. The van der Waals surface area contributed by atoms with Crippen LogP contribution in [0.5, 0.6) is 5.75 Å². The van der Waals surface area contributed by atoms with Crippen LogP contribution in [0.25, 0.3) is 0 Å². The maximum atomic E-state index is 6.08. The molecule has 1 aliphatic rings. The predicted molar refractivity (Wildman–Crippen MR) is 71.3 cm³/mol. The molecule has 0 atom stereocenters. The molecule has 0 unspecified atom stereocenters. The van der Waals surface area contributed by atoms with Gasteiger partial charge in [-0.3, -0.25) is 0 Å². The molecule has 2 heteroatoms. The van der Waals surface area contributed by atoms with Gasteiger partial charge in [0.25, 0.3) is 0 Å². The molecule has 2 aromatic rings. The van der Waals surface area contributed by atoms with Crippen LogP contribution in [0.3, 0.4) is 0 Å². The van der Waals surface area contributed by atoms with Gasteiger partial charge in [0, 0.05) is 17.7 Å². The van der Waals surface area contributed by atoms with Crippen LogP contribution in [0.4, 0.5) is 0 Å². The fourth-order valence-corrected chi connectivity index (χ4v) is 2.90. The number of thioether (sulfide) groups is 1. The lowest BCUT2D eigenvalue weighted by atomic mass is 10.3. The van der Waals surface area contributed by atoms with E-state index in [1.165, 1.54) is 4.90 Å². The van der Waals surface area contributed by atoms with E-state index >= 15 is 0 Å². The number of hydrogen-bond acceptors (Lipinski definition) is 2. The Hall–Kier alpha value is -1.41. The van der Waals surface area contributed by atoms with Crippen molar-refractivity contribution in [3.8, 4) is 5.75 Å². The SMILES string of the molecule is c1ccc(OC2(Sc3ccccc3)CC2)cc1. The van der Waals surface area contributed by atoms with Crippen LogP contribution in [0.1, 0.15) is 12.8 Å². The van der Waals surface area contributed by atoms with Crippen molar-refractivity contribution in [3.05, 3.63) is 60.7 Å². The first-order chi connectivity index (χ1) is 8.36. The van der Waals surface area contributed by atoms with Gasteiger partial charge in [-0.25, -0.2) is 0 Å². The third-order valence-electron chi connectivity index (χ3n) is 2.75. The molecular weight excluding hydrogens is 228 g/mol. The molecule has 1 aliphatic carbocycles. The maximum absolute atomic E-state index is 6.08. The van der Waals surface area contributed by atoms with E-state index in [0.717, 1.165) is 18.6 Å². The summed E-state index contributed by atoms with van der Waals surface area (Å²) in [6.07, 6.45) is 2.25. The van der Waals surface area contributed by atoms with Gasteiger partial charge >= 0.3 is 0 Å². The molecule has 3 rings (SSSR count). The first-order valence-electron chi connectivity index (χ1n) is 5.84. The molecular formula is C15H14OS. The lowest BCUT2D eigenvalue weighted by molar-refractivity contribution is 0.271. The van der Waals surface area contributed by atoms with Gasteiger partial charge in [0.15, 0.2) is 4.93 Å². The normalized spacial score (nSPS) is 16.5. The topological polar surface area (TPSA) is 9.23 Å². The first kappa shape index (κ1) is 10.7. The van der Waals surface area contributed by atoms with E-state index in [9.17, 15) is 0 Å². The summed E-state index contributed by atoms with van der Waals surface area (Å²) in [5.74, 6) is 0.966. The highest BCUT2D eigenvalue weighted by Crippen LogP contribution is 2.52. The quantitative estimate of drug-likeness (QED) is 0.737. The summed E-state index contributed by atoms with van der Waals surface area (Å²) in [6.45, 7) is 0. The van der Waals surface area contributed by atoms with Gasteiger partial charge in [-0.1, -0.05) is 48.2 Å². The van der Waals surface area contributed by atoms with Gasteiger partial charge in [-0.05, 0) is 24.3 Å². The molecule has 2 aromatic carbocycles. The number of hydrogen-bond donors (Lipinski definition) is 0. The van der Waals surface area contributed by atoms with Crippen molar-refractivity contribution in [1.82, 2.24) is 0 Å². The summed E-state index contributed by atoms with van der Waals surface area (Å²) in [5, 5.41) is 0. The van der Waals surface area contributed by atoms with Crippen molar-refractivity contribution in [2.75, 3.05) is 0 Å². The highest BCUT2D eigenvalue weighted by atomic mass is 32.2. The van der Waals surface area contributed by atoms with E-state index in [4.69, 9.17) is 4.74 Å². The summed E-state index contributed by atoms with van der Waals surface area (Å²) in [7, 11) is 0. The lowest BCUT2D eigenvalue weighted by Gasteiger charge is -2.17. The number of para-hydroxylation sites is 1. The van der Waals surface area contributed by atoms with E-state index in [2.05, 4.69) is 24.3 Å². The second kappa shape index (κ2) is 4.46. The standard InChI is InChI=1S/C15H14OS/c1-3-7-13(8-4-1)16-15(11-12-15)17-14-9-5-2-6-10-14/h1-10H,11-12H2. The summed E-state index contributed by atoms with van der Waals surface area (Å²) in [5.41, 5.74) is 0. The number of ether oxygens (including phenoxy) is 1. The Morgan fingerprint density at radius 2 is 1.41 bits per heavy atom. The van der Waals surface area contributed by atoms with Crippen LogP contribution < -0.4 is 4.74 Å². The molecule has 1 fully saturated rings. The highest BCUT2D eigenvalue weighted by Gasteiger charge is 2.46. The minimum atomic E-state index is -0.0251. The van der Waals surface area contributed by atoms with Gasteiger partial charge in [0.05, 0.1) is 0 Å². The molecule has 1 nitrogen and oxygen atoms in total. The Morgan fingerprint density at radius 1 is 0.824 bits per heavy atom. The second-order valence-corrected chi connectivity index (χ2v) is 5.66. The van der Waals surface area contributed by atoms with E-state index in [1.807, 2.05) is 48.2 Å². The van der Waals surface area contributed by atoms with Crippen LogP contribution in [-0.2, 0) is 0 Å². The van der Waals surface area contributed by atoms with Crippen LogP contribution in [0.2, 0.25) is 0 Å².